The molecule has 0 aliphatic carbocycles. The predicted molar refractivity (Wildman–Crippen MR) is 78.3 cm³/mol. The van der Waals surface area contributed by atoms with Crippen LogP contribution in [-0.4, -0.2) is 53.6 Å². The van der Waals surface area contributed by atoms with Gasteiger partial charge in [0.25, 0.3) is 0 Å². The molecule has 20 heavy (non-hydrogen) atoms. The van der Waals surface area contributed by atoms with Gasteiger partial charge in [-0.05, 0) is 27.7 Å². The van der Waals surface area contributed by atoms with Crippen molar-refractivity contribution in [3.8, 4) is 0 Å². The van der Waals surface area contributed by atoms with Gasteiger partial charge in [-0.2, -0.15) is 0 Å². The molecule has 1 aliphatic heterocycles. The number of allylic oxidation sites excluding steroid dienone is 3. The van der Waals surface area contributed by atoms with Gasteiger partial charge in [-0.25, -0.2) is 4.79 Å². The molecule has 1 aliphatic rings. The number of rotatable bonds is 2. The van der Waals surface area contributed by atoms with Crippen LogP contribution in [0.1, 0.15) is 27.7 Å². The molecule has 5 heteroatoms. The van der Waals surface area contributed by atoms with Crippen molar-refractivity contribution >= 4 is 12.0 Å². The van der Waals surface area contributed by atoms with Crippen LogP contribution in [0.25, 0.3) is 0 Å². The third kappa shape index (κ3) is 5.47. The molecule has 0 radical (unpaired) electrons. The van der Waals surface area contributed by atoms with E-state index in [1.807, 2.05) is 39.8 Å². The number of hydrogen-bond acceptors (Lipinski definition) is 3. The lowest BCUT2D eigenvalue weighted by molar-refractivity contribution is -0.127. The Morgan fingerprint density at radius 1 is 1.00 bits per heavy atom. The van der Waals surface area contributed by atoms with Crippen LogP contribution >= 0.6 is 0 Å². The summed E-state index contributed by atoms with van der Waals surface area (Å²) in [5.74, 6) is -0.0214. The van der Waals surface area contributed by atoms with E-state index in [1.54, 1.807) is 22.0 Å². The van der Waals surface area contributed by atoms with Crippen LogP contribution in [0.2, 0.25) is 0 Å². The molecule has 0 aromatic heterocycles. The van der Waals surface area contributed by atoms with E-state index < -0.39 is 5.60 Å². The Balaban J connectivity index is 2.43. The molecule has 1 rings (SSSR count). The van der Waals surface area contributed by atoms with Crippen LogP contribution < -0.4 is 0 Å². The van der Waals surface area contributed by atoms with E-state index in [4.69, 9.17) is 4.74 Å². The summed E-state index contributed by atoms with van der Waals surface area (Å²) in [6.45, 7) is 9.53. The third-order valence-corrected chi connectivity index (χ3v) is 2.79. The Kier molecular flexibility index (Phi) is 5.80. The fraction of sp³-hybridized carbons (Fsp3) is 0.600. The van der Waals surface area contributed by atoms with Crippen molar-refractivity contribution in [1.29, 1.82) is 0 Å². The first-order chi connectivity index (χ1) is 9.33. The van der Waals surface area contributed by atoms with Gasteiger partial charge in [0.2, 0.25) is 5.91 Å². The molecular formula is C15H24N2O3. The lowest BCUT2D eigenvalue weighted by atomic mass is 10.2. The summed E-state index contributed by atoms with van der Waals surface area (Å²) in [6, 6.07) is 0. The first-order valence-corrected chi connectivity index (χ1v) is 6.89. The summed E-state index contributed by atoms with van der Waals surface area (Å²) in [5, 5.41) is 0. The lowest BCUT2D eigenvalue weighted by Gasteiger charge is -2.35. The second kappa shape index (κ2) is 7.12. The molecule has 1 saturated heterocycles. The maximum Gasteiger partial charge on any atom is 0.410 e. The minimum absolute atomic E-state index is 0.0214. The fourth-order valence-electron chi connectivity index (χ4n) is 1.79. The van der Waals surface area contributed by atoms with Gasteiger partial charge < -0.3 is 14.5 Å². The Labute approximate surface area is 120 Å². The summed E-state index contributed by atoms with van der Waals surface area (Å²) in [6.07, 6.45) is 6.64. The molecule has 1 fully saturated rings. The van der Waals surface area contributed by atoms with Crippen LogP contribution in [0, 0.1) is 0 Å². The van der Waals surface area contributed by atoms with E-state index in [0.29, 0.717) is 26.2 Å². The van der Waals surface area contributed by atoms with Gasteiger partial charge in [0.05, 0.1) is 0 Å². The molecule has 0 unspecified atom stereocenters. The average Bonchev–Trinajstić information content (AvgIpc) is 2.37. The van der Waals surface area contributed by atoms with Crippen molar-refractivity contribution in [2.24, 2.45) is 0 Å². The second-order valence-electron chi connectivity index (χ2n) is 5.68. The predicted octanol–water partition coefficient (Wildman–Crippen LogP) is 2.20. The van der Waals surface area contributed by atoms with Crippen LogP contribution in [-0.2, 0) is 9.53 Å². The van der Waals surface area contributed by atoms with Gasteiger partial charge in [0, 0.05) is 32.3 Å². The number of carbonyl (C=O) groups excluding carboxylic acids is 2. The van der Waals surface area contributed by atoms with Crippen molar-refractivity contribution in [2.45, 2.75) is 33.3 Å². The van der Waals surface area contributed by atoms with Gasteiger partial charge >= 0.3 is 6.09 Å². The molecular weight excluding hydrogens is 256 g/mol. The van der Waals surface area contributed by atoms with Crippen molar-refractivity contribution in [3.63, 3.8) is 0 Å². The third-order valence-electron chi connectivity index (χ3n) is 2.79. The number of nitrogens with zero attached hydrogens (tertiary/aromatic N) is 2. The van der Waals surface area contributed by atoms with Gasteiger partial charge in [-0.15, -0.1) is 0 Å². The summed E-state index contributed by atoms with van der Waals surface area (Å²) < 4.78 is 5.31. The normalized spacial score (nSPS) is 17.0. The topological polar surface area (TPSA) is 49.9 Å². The van der Waals surface area contributed by atoms with Gasteiger partial charge in [0.1, 0.15) is 5.60 Å². The number of amides is 2. The Morgan fingerprint density at radius 2 is 1.55 bits per heavy atom. The highest BCUT2D eigenvalue weighted by molar-refractivity contribution is 5.88. The molecule has 0 bridgehead atoms. The fourth-order valence-corrected chi connectivity index (χ4v) is 1.79. The van der Waals surface area contributed by atoms with Crippen LogP contribution in [0.3, 0.4) is 0 Å². The maximum atomic E-state index is 11.9. The summed E-state index contributed by atoms with van der Waals surface area (Å²) in [7, 11) is 0. The molecule has 0 aromatic rings. The first kappa shape index (κ1) is 16.3. The van der Waals surface area contributed by atoms with Gasteiger partial charge in [0.15, 0.2) is 0 Å². The minimum Gasteiger partial charge on any atom is -0.444 e. The van der Waals surface area contributed by atoms with E-state index in [9.17, 15) is 9.59 Å². The Bertz CT molecular complexity index is 400. The van der Waals surface area contributed by atoms with Crippen molar-refractivity contribution in [1.82, 2.24) is 9.80 Å². The van der Waals surface area contributed by atoms with Crippen LogP contribution in [0.5, 0.6) is 0 Å². The molecule has 112 valence electrons. The van der Waals surface area contributed by atoms with E-state index in [1.165, 1.54) is 0 Å². The highest BCUT2D eigenvalue weighted by atomic mass is 16.6. The number of ether oxygens (including phenoxy) is 1. The number of piperazine rings is 1. The number of carbonyl (C=O) groups is 2. The number of hydrogen-bond donors (Lipinski definition) is 0. The van der Waals surface area contributed by atoms with Gasteiger partial charge in [-0.1, -0.05) is 18.2 Å². The van der Waals surface area contributed by atoms with Crippen molar-refractivity contribution in [2.75, 3.05) is 26.2 Å². The monoisotopic (exact) mass is 280 g/mol. The highest BCUT2D eigenvalue weighted by Gasteiger charge is 2.26. The summed E-state index contributed by atoms with van der Waals surface area (Å²) >= 11 is 0. The molecule has 0 spiro atoms. The second-order valence-corrected chi connectivity index (χ2v) is 5.68. The standard InChI is InChI=1S/C15H24N2O3/c1-5-6-7-8-13(18)16-9-11-17(12-10-16)14(19)20-15(2,3)4/h5-8H,9-12H2,1-4H3/b6-5+,8-7+. The zero-order valence-electron chi connectivity index (χ0n) is 12.8. The van der Waals surface area contributed by atoms with E-state index in [2.05, 4.69) is 0 Å². The Morgan fingerprint density at radius 3 is 2.05 bits per heavy atom. The largest absolute Gasteiger partial charge is 0.444 e. The van der Waals surface area contributed by atoms with E-state index in [-0.39, 0.29) is 12.0 Å². The molecule has 2 amide bonds. The molecule has 0 atom stereocenters. The molecule has 0 N–H and O–H groups in total. The Hall–Kier alpha value is -1.78. The highest BCUT2D eigenvalue weighted by Crippen LogP contribution is 2.12. The molecule has 0 aromatic carbocycles. The van der Waals surface area contributed by atoms with Crippen molar-refractivity contribution < 1.29 is 14.3 Å². The minimum atomic E-state index is -0.487. The molecule has 0 saturated carbocycles. The first-order valence-electron chi connectivity index (χ1n) is 6.89. The van der Waals surface area contributed by atoms with Crippen LogP contribution in [0.15, 0.2) is 24.3 Å². The quantitative estimate of drug-likeness (QED) is 0.575. The zero-order valence-corrected chi connectivity index (χ0v) is 12.8. The van der Waals surface area contributed by atoms with E-state index in [0.717, 1.165) is 0 Å². The van der Waals surface area contributed by atoms with Crippen molar-refractivity contribution in [3.05, 3.63) is 24.3 Å². The molecule has 5 nitrogen and oxygen atoms in total. The SMILES string of the molecule is C/C=C/C=C/C(=O)N1CCN(C(=O)OC(C)(C)C)CC1. The summed E-state index contributed by atoms with van der Waals surface area (Å²) in [5.41, 5.74) is -0.487. The van der Waals surface area contributed by atoms with E-state index >= 15 is 0 Å². The molecule has 1 heterocycles. The lowest BCUT2D eigenvalue weighted by Crippen LogP contribution is -2.51. The smallest absolute Gasteiger partial charge is 0.410 e. The summed E-state index contributed by atoms with van der Waals surface area (Å²) in [4.78, 5) is 27.1. The zero-order chi connectivity index (χ0) is 15.2. The van der Waals surface area contributed by atoms with Crippen LogP contribution in [0.4, 0.5) is 4.79 Å². The average molecular weight is 280 g/mol. The maximum absolute atomic E-state index is 11.9. The van der Waals surface area contributed by atoms with Gasteiger partial charge in [-0.3, -0.25) is 4.79 Å².